The number of hydrogen-bond donors (Lipinski definition) is 1. The number of hydrogen-bond acceptors (Lipinski definition) is 3. The second kappa shape index (κ2) is 6.52. The molecule has 3 rings (SSSR count). The minimum absolute atomic E-state index is 0.0500. The standard InChI is InChI=1S/C18H19NO3/c1-13(15-8-9-16-17(11-15)22-12-21-16)19-18(20)10-7-14-5-3-2-4-6-14/h2-6,8-9,11,13H,7,10,12H2,1H3,(H,19,20)/t13-/m1/s1. The molecule has 4 nitrogen and oxygen atoms in total. The monoisotopic (exact) mass is 297 g/mol. The number of aryl methyl sites for hydroxylation is 1. The fraction of sp³-hybridized carbons (Fsp3) is 0.278. The van der Waals surface area contributed by atoms with Crippen LogP contribution in [-0.2, 0) is 11.2 Å². The Hall–Kier alpha value is -2.49. The quantitative estimate of drug-likeness (QED) is 0.921. The minimum Gasteiger partial charge on any atom is -0.454 e. The maximum Gasteiger partial charge on any atom is 0.231 e. The van der Waals surface area contributed by atoms with Gasteiger partial charge < -0.3 is 14.8 Å². The lowest BCUT2D eigenvalue weighted by Gasteiger charge is -2.15. The predicted molar refractivity (Wildman–Crippen MR) is 83.9 cm³/mol. The van der Waals surface area contributed by atoms with Gasteiger partial charge >= 0.3 is 0 Å². The van der Waals surface area contributed by atoms with Crippen LogP contribution in [0.1, 0.15) is 30.5 Å². The molecule has 1 amide bonds. The van der Waals surface area contributed by atoms with E-state index in [-0.39, 0.29) is 18.7 Å². The first kappa shape index (κ1) is 14.4. The molecule has 0 spiro atoms. The number of nitrogens with one attached hydrogen (secondary N) is 1. The lowest BCUT2D eigenvalue weighted by molar-refractivity contribution is -0.121. The summed E-state index contributed by atoms with van der Waals surface area (Å²) in [6.45, 7) is 2.23. The van der Waals surface area contributed by atoms with E-state index < -0.39 is 0 Å². The molecule has 0 fully saturated rings. The molecule has 4 heteroatoms. The summed E-state index contributed by atoms with van der Waals surface area (Å²) >= 11 is 0. The smallest absolute Gasteiger partial charge is 0.231 e. The molecule has 0 bridgehead atoms. The molecule has 114 valence electrons. The van der Waals surface area contributed by atoms with Gasteiger partial charge in [-0.1, -0.05) is 36.4 Å². The first-order chi connectivity index (χ1) is 10.7. The number of ether oxygens (including phenoxy) is 2. The number of benzene rings is 2. The van der Waals surface area contributed by atoms with Crippen LogP contribution in [0.2, 0.25) is 0 Å². The average Bonchev–Trinajstić information content (AvgIpc) is 3.01. The molecule has 1 aliphatic rings. The fourth-order valence-corrected chi connectivity index (χ4v) is 2.48. The summed E-state index contributed by atoms with van der Waals surface area (Å²) in [6, 6.07) is 15.7. The molecule has 1 atom stereocenters. The van der Waals surface area contributed by atoms with Crippen LogP contribution in [0.15, 0.2) is 48.5 Å². The number of fused-ring (bicyclic) bond motifs is 1. The molecule has 2 aromatic rings. The van der Waals surface area contributed by atoms with Crippen molar-refractivity contribution in [3.8, 4) is 11.5 Å². The summed E-state index contributed by atoms with van der Waals surface area (Å²) in [5.41, 5.74) is 2.19. The molecule has 0 saturated heterocycles. The van der Waals surface area contributed by atoms with Gasteiger partial charge in [0.1, 0.15) is 0 Å². The van der Waals surface area contributed by atoms with E-state index in [0.29, 0.717) is 6.42 Å². The number of carbonyl (C=O) groups is 1. The van der Waals surface area contributed by atoms with E-state index in [4.69, 9.17) is 9.47 Å². The summed E-state index contributed by atoms with van der Waals surface area (Å²) in [7, 11) is 0. The molecule has 1 N–H and O–H groups in total. The highest BCUT2D eigenvalue weighted by Gasteiger charge is 2.16. The van der Waals surface area contributed by atoms with Crippen molar-refractivity contribution in [3.05, 3.63) is 59.7 Å². The molecule has 22 heavy (non-hydrogen) atoms. The van der Waals surface area contributed by atoms with Gasteiger partial charge in [-0.2, -0.15) is 0 Å². The van der Waals surface area contributed by atoms with Crippen LogP contribution in [0.4, 0.5) is 0 Å². The van der Waals surface area contributed by atoms with E-state index in [0.717, 1.165) is 23.5 Å². The summed E-state index contributed by atoms with van der Waals surface area (Å²) in [6.07, 6.45) is 1.24. The average molecular weight is 297 g/mol. The Balaban J connectivity index is 1.55. The van der Waals surface area contributed by atoms with Gasteiger partial charge in [0.25, 0.3) is 0 Å². The van der Waals surface area contributed by atoms with Crippen molar-refractivity contribution >= 4 is 5.91 Å². The van der Waals surface area contributed by atoms with Crippen LogP contribution in [0, 0.1) is 0 Å². The van der Waals surface area contributed by atoms with Gasteiger partial charge in [0.05, 0.1) is 6.04 Å². The van der Waals surface area contributed by atoms with Crippen LogP contribution in [-0.4, -0.2) is 12.7 Å². The normalized spacial score (nSPS) is 13.7. The van der Waals surface area contributed by atoms with Gasteiger partial charge in [0, 0.05) is 6.42 Å². The van der Waals surface area contributed by atoms with E-state index in [1.165, 1.54) is 5.56 Å². The van der Waals surface area contributed by atoms with Crippen LogP contribution in [0.5, 0.6) is 11.5 Å². The van der Waals surface area contributed by atoms with Crippen molar-refractivity contribution in [1.82, 2.24) is 5.32 Å². The molecule has 2 aromatic carbocycles. The Morgan fingerprint density at radius 1 is 1.14 bits per heavy atom. The molecule has 1 aliphatic heterocycles. The van der Waals surface area contributed by atoms with Crippen molar-refractivity contribution in [1.29, 1.82) is 0 Å². The molecular formula is C18H19NO3. The second-order valence-corrected chi connectivity index (χ2v) is 5.39. The molecule has 0 unspecified atom stereocenters. The van der Waals surface area contributed by atoms with Crippen molar-refractivity contribution in [2.45, 2.75) is 25.8 Å². The largest absolute Gasteiger partial charge is 0.454 e. The van der Waals surface area contributed by atoms with E-state index in [1.807, 2.05) is 55.5 Å². The van der Waals surface area contributed by atoms with Gasteiger partial charge in [-0.25, -0.2) is 0 Å². The zero-order valence-corrected chi connectivity index (χ0v) is 12.5. The van der Waals surface area contributed by atoms with Gasteiger partial charge in [0.15, 0.2) is 11.5 Å². The van der Waals surface area contributed by atoms with Gasteiger partial charge in [-0.3, -0.25) is 4.79 Å². The molecule has 1 heterocycles. The van der Waals surface area contributed by atoms with Crippen LogP contribution < -0.4 is 14.8 Å². The van der Waals surface area contributed by atoms with Crippen molar-refractivity contribution in [2.75, 3.05) is 6.79 Å². The van der Waals surface area contributed by atoms with Crippen LogP contribution >= 0.6 is 0 Å². The number of carbonyl (C=O) groups excluding carboxylic acids is 1. The van der Waals surface area contributed by atoms with E-state index >= 15 is 0 Å². The summed E-state index contributed by atoms with van der Waals surface area (Å²) in [5.74, 6) is 1.54. The molecule has 0 saturated carbocycles. The maximum absolute atomic E-state index is 12.1. The summed E-state index contributed by atoms with van der Waals surface area (Å²) < 4.78 is 10.7. The number of rotatable bonds is 5. The Labute approximate surface area is 130 Å². The molecule has 0 aromatic heterocycles. The second-order valence-electron chi connectivity index (χ2n) is 5.39. The van der Waals surface area contributed by atoms with Crippen molar-refractivity contribution in [3.63, 3.8) is 0 Å². The van der Waals surface area contributed by atoms with Gasteiger partial charge in [-0.05, 0) is 36.6 Å². The molecular weight excluding hydrogens is 278 g/mol. The Kier molecular flexibility index (Phi) is 4.28. The van der Waals surface area contributed by atoms with Crippen molar-refractivity contribution < 1.29 is 14.3 Å². The highest BCUT2D eigenvalue weighted by molar-refractivity contribution is 5.76. The minimum atomic E-state index is -0.0576. The van der Waals surface area contributed by atoms with Crippen LogP contribution in [0.25, 0.3) is 0 Å². The topological polar surface area (TPSA) is 47.6 Å². The van der Waals surface area contributed by atoms with Crippen molar-refractivity contribution in [2.24, 2.45) is 0 Å². The number of amides is 1. The van der Waals surface area contributed by atoms with E-state index in [1.54, 1.807) is 0 Å². The maximum atomic E-state index is 12.1. The third-order valence-corrected chi connectivity index (χ3v) is 3.76. The SMILES string of the molecule is C[C@@H](NC(=O)CCc1ccccc1)c1ccc2c(c1)OCO2. The predicted octanol–water partition coefficient (Wildman–Crippen LogP) is 3.23. The third kappa shape index (κ3) is 3.39. The lowest BCUT2D eigenvalue weighted by atomic mass is 10.1. The summed E-state index contributed by atoms with van der Waals surface area (Å²) in [5, 5.41) is 3.02. The highest BCUT2D eigenvalue weighted by atomic mass is 16.7. The Bertz CT molecular complexity index is 655. The zero-order valence-electron chi connectivity index (χ0n) is 12.5. The van der Waals surface area contributed by atoms with Gasteiger partial charge in [0.2, 0.25) is 12.7 Å². The lowest BCUT2D eigenvalue weighted by Crippen LogP contribution is -2.26. The Morgan fingerprint density at radius 2 is 1.91 bits per heavy atom. The van der Waals surface area contributed by atoms with Crippen LogP contribution in [0.3, 0.4) is 0 Å². The first-order valence-electron chi connectivity index (χ1n) is 7.45. The molecule has 0 aliphatic carbocycles. The molecule has 0 radical (unpaired) electrons. The van der Waals surface area contributed by atoms with E-state index in [9.17, 15) is 4.79 Å². The van der Waals surface area contributed by atoms with E-state index in [2.05, 4.69) is 5.32 Å². The fourth-order valence-electron chi connectivity index (χ4n) is 2.48. The van der Waals surface area contributed by atoms with Gasteiger partial charge in [-0.15, -0.1) is 0 Å². The third-order valence-electron chi connectivity index (χ3n) is 3.76. The zero-order chi connectivity index (χ0) is 15.4. The highest BCUT2D eigenvalue weighted by Crippen LogP contribution is 2.34. The Morgan fingerprint density at radius 3 is 2.73 bits per heavy atom. The first-order valence-corrected chi connectivity index (χ1v) is 7.45. The summed E-state index contributed by atoms with van der Waals surface area (Å²) in [4.78, 5) is 12.1.